The first kappa shape index (κ1) is 14.2. The molecule has 1 aromatic rings. The van der Waals surface area contributed by atoms with Crippen LogP contribution in [-0.4, -0.2) is 25.6 Å². The summed E-state index contributed by atoms with van der Waals surface area (Å²) in [4.78, 5) is 12.2. The minimum Gasteiger partial charge on any atom is -0.494 e. The molecule has 2 N–H and O–H groups in total. The molecule has 1 fully saturated rings. The van der Waals surface area contributed by atoms with Crippen molar-refractivity contribution in [2.24, 2.45) is 5.41 Å². The van der Waals surface area contributed by atoms with Crippen LogP contribution in [0.4, 0.5) is 5.69 Å². The summed E-state index contributed by atoms with van der Waals surface area (Å²) in [5.74, 6) is 0.589. The van der Waals surface area contributed by atoms with Crippen LogP contribution < -0.4 is 15.4 Å². The Morgan fingerprint density at radius 3 is 2.68 bits per heavy atom. The summed E-state index contributed by atoms with van der Waals surface area (Å²) in [5, 5.41) is 6.60. The molecule has 5 heteroatoms. The van der Waals surface area contributed by atoms with Gasteiger partial charge in [-0.25, -0.2) is 0 Å². The topological polar surface area (TPSA) is 50.4 Å². The Hall–Kier alpha value is -1.26. The highest BCUT2D eigenvalue weighted by molar-refractivity contribution is 6.31. The van der Waals surface area contributed by atoms with E-state index in [9.17, 15) is 4.79 Å². The Morgan fingerprint density at radius 1 is 1.53 bits per heavy atom. The van der Waals surface area contributed by atoms with Crippen molar-refractivity contribution in [3.05, 3.63) is 22.7 Å². The van der Waals surface area contributed by atoms with Gasteiger partial charge in [-0.1, -0.05) is 25.4 Å². The number of nitrogens with one attached hydrogen (secondary N) is 2. The second-order valence-corrected chi connectivity index (χ2v) is 6.03. The second kappa shape index (κ2) is 5.02. The van der Waals surface area contributed by atoms with E-state index in [1.165, 1.54) is 0 Å². The first-order valence-corrected chi connectivity index (χ1v) is 6.61. The number of rotatable bonds is 3. The lowest BCUT2D eigenvalue weighted by atomic mass is 9.77. The van der Waals surface area contributed by atoms with Crippen molar-refractivity contribution < 1.29 is 9.53 Å². The minimum atomic E-state index is -0.184. The van der Waals surface area contributed by atoms with Gasteiger partial charge in [-0.15, -0.1) is 0 Å². The monoisotopic (exact) mass is 282 g/mol. The van der Waals surface area contributed by atoms with Gasteiger partial charge in [0.2, 0.25) is 5.91 Å². The van der Waals surface area contributed by atoms with Gasteiger partial charge in [0.15, 0.2) is 0 Å². The van der Waals surface area contributed by atoms with Gasteiger partial charge >= 0.3 is 0 Å². The Labute approximate surface area is 118 Å². The number of halogens is 1. The molecule has 1 amide bonds. The predicted molar refractivity (Wildman–Crippen MR) is 76.9 cm³/mol. The number of benzene rings is 1. The maximum absolute atomic E-state index is 12.2. The number of amides is 1. The molecule has 104 valence electrons. The fourth-order valence-electron chi connectivity index (χ4n) is 2.36. The molecule has 1 unspecified atom stereocenters. The van der Waals surface area contributed by atoms with E-state index in [0.717, 1.165) is 12.1 Å². The highest BCUT2D eigenvalue weighted by Crippen LogP contribution is 2.34. The van der Waals surface area contributed by atoms with Crippen molar-refractivity contribution in [1.82, 2.24) is 5.32 Å². The highest BCUT2D eigenvalue weighted by atomic mass is 35.5. The van der Waals surface area contributed by atoms with E-state index in [2.05, 4.69) is 24.5 Å². The third-order valence-electron chi connectivity index (χ3n) is 3.51. The molecule has 1 aromatic carbocycles. The van der Waals surface area contributed by atoms with Gasteiger partial charge in [0.25, 0.3) is 0 Å². The summed E-state index contributed by atoms with van der Waals surface area (Å²) >= 11 is 6.02. The Morgan fingerprint density at radius 2 is 2.21 bits per heavy atom. The van der Waals surface area contributed by atoms with Crippen LogP contribution in [0.1, 0.15) is 19.4 Å². The van der Waals surface area contributed by atoms with Crippen LogP contribution in [0.2, 0.25) is 5.02 Å². The lowest BCUT2D eigenvalue weighted by Crippen LogP contribution is -2.64. The van der Waals surface area contributed by atoms with E-state index in [4.69, 9.17) is 16.3 Å². The fourth-order valence-corrected chi connectivity index (χ4v) is 2.63. The predicted octanol–water partition coefficient (Wildman–Crippen LogP) is 2.59. The van der Waals surface area contributed by atoms with Crippen LogP contribution in [0.25, 0.3) is 0 Å². The van der Waals surface area contributed by atoms with Crippen molar-refractivity contribution in [3.8, 4) is 5.75 Å². The molecule has 19 heavy (non-hydrogen) atoms. The standard InChI is InChI=1S/C14H19ClN2O2/c1-8-5-9(15)6-10(11(8)19-4)17-13(18)12-14(2,3)7-16-12/h5-6,12,16H,7H2,1-4H3,(H,17,18). The maximum Gasteiger partial charge on any atom is 0.242 e. The number of carbonyl (C=O) groups is 1. The summed E-state index contributed by atoms with van der Waals surface area (Å²) in [6.07, 6.45) is 0. The highest BCUT2D eigenvalue weighted by Gasteiger charge is 2.43. The van der Waals surface area contributed by atoms with Crippen molar-refractivity contribution >= 4 is 23.2 Å². The normalized spacial score (nSPS) is 20.6. The van der Waals surface area contributed by atoms with E-state index in [0.29, 0.717) is 16.5 Å². The van der Waals surface area contributed by atoms with Crippen LogP contribution >= 0.6 is 11.6 Å². The Kier molecular flexibility index (Phi) is 3.74. The van der Waals surface area contributed by atoms with Gasteiger partial charge in [-0.3, -0.25) is 4.79 Å². The van der Waals surface area contributed by atoms with Crippen molar-refractivity contribution in [3.63, 3.8) is 0 Å². The van der Waals surface area contributed by atoms with E-state index in [-0.39, 0.29) is 17.4 Å². The molecular weight excluding hydrogens is 264 g/mol. The zero-order chi connectivity index (χ0) is 14.2. The SMILES string of the molecule is COc1c(C)cc(Cl)cc1NC(=O)C1NCC1(C)C. The van der Waals surface area contributed by atoms with Crippen LogP contribution in [0.3, 0.4) is 0 Å². The van der Waals surface area contributed by atoms with Gasteiger partial charge in [-0.2, -0.15) is 0 Å². The molecule has 0 aliphatic carbocycles. The van der Waals surface area contributed by atoms with Crippen molar-refractivity contribution in [2.75, 3.05) is 19.0 Å². The quantitative estimate of drug-likeness (QED) is 0.896. The molecule has 1 aliphatic heterocycles. The molecule has 1 heterocycles. The van der Waals surface area contributed by atoms with Gasteiger partial charge < -0.3 is 15.4 Å². The number of carbonyl (C=O) groups excluding carboxylic acids is 1. The third kappa shape index (κ3) is 2.69. The molecule has 0 aromatic heterocycles. The molecule has 0 spiro atoms. The van der Waals surface area contributed by atoms with Crippen molar-refractivity contribution in [1.29, 1.82) is 0 Å². The second-order valence-electron chi connectivity index (χ2n) is 5.60. The molecule has 1 aliphatic rings. The average Bonchev–Trinajstić information content (AvgIpc) is 2.26. The van der Waals surface area contributed by atoms with Crippen LogP contribution in [0.15, 0.2) is 12.1 Å². The number of hydrogen-bond acceptors (Lipinski definition) is 3. The zero-order valence-electron chi connectivity index (χ0n) is 11.6. The lowest BCUT2D eigenvalue weighted by Gasteiger charge is -2.44. The smallest absolute Gasteiger partial charge is 0.242 e. The number of methoxy groups -OCH3 is 1. The summed E-state index contributed by atoms with van der Waals surface area (Å²) < 4.78 is 5.32. The Bertz CT molecular complexity index is 514. The molecule has 1 atom stereocenters. The third-order valence-corrected chi connectivity index (χ3v) is 3.73. The maximum atomic E-state index is 12.2. The number of ether oxygens (including phenoxy) is 1. The number of hydrogen-bond donors (Lipinski definition) is 2. The Balaban J connectivity index is 2.21. The van der Waals surface area contributed by atoms with Gasteiger partial charge in [0, 0.05) is 17.0 Å². The molecule has 0 bridgehead atoms. The van der Waals surface area contributed by atoms with E-state index < -0.39 is 0 Å². The molecule has 4 nitrogen and oxygen atoms in total. The molecule has 2 rings (SSSR count). The van der Waals surface area contributed by atoms with E-state index in [1.54, 1.807) is 13.2 Å². The largest absolute Gasteiger partial charge is 0.494 e. The first-order chi connectivity index (χ1) is 8.85. The van der Waals surface area contributed by atoms with E-state index >= 15 is 0 Å². The number of anilines is 1. The van der Waals surface area contributed by atoms with Crippen LogP contribution in [0, 0.1) is 12.3 Å². The molecule has 1 saturated heterocycles. The number of aryl methyl sites for hydroxylation is 1. The van der Waals surface area contributed by atoms with E-state index in [1.807, 2.05) is 13.0 Å². The molecular formula is C14H19ClN2O2. The van der Waals surface area contributed by atoms with Gasteiger partial charge in [0.1, 0.15) is 5.75 Å². The van der Waals surface area contributed by atoms with Crippen LogP contribution in [-0.2, 0) is 4.79 Å². The molecule has 0 saturated carbocycles. The fraction of sp³-hybridized carbons (Fsp3) is 0.500. The summed E-state index contributed by atoms with van der Waals surface area (Å²) in [6.45, 7) is 6.87. The summed E-state index contributed by atoms with van der Waals surface area (Å²) in [5.41, 5.74) is 1.48. The average molecular weight is 283 g/mol. The summed E-state index contributed by atoms with van der Waals surface area (Å²) in [6, 6.07) is 3.33. The van der Waals surface area contributed by atoms with Crippen LogP contribution in [0.5, 0.6) is 5.75 Å². The first-order valence-electron chi connectivity index (χ1n) is 6.23. The molecule has 0 radical (unpaired) electrons. The minimum absolute atomic E-state index is 0.0229. The van der Waals surface area contributed by atoms with Crippen molar-refractivity contribution in [2.45, 2.75) is 26.8 Å². The lowest BCUT2D eigenvalue weighted by molar-refractivity contribution is -0.124. The van der Waals surface area contributed by atoms with Gasteiger partial charge in [0.05, 0.1) is 18.8 Å². The summed E-state index contributed by atoms with van der Waals surface area (Å²) in [7, 11) is 1.58. The van der Waals surface area contributed by atoms with Gasteiger partial charge in [-0.05, 0) is 24.6 Å². The zero-order valence-corrected chi connectivity index (χ0v) is 12.4.